The van der Waals surface area contributed by atoms with Gasteiger partial charge in [-0.2, -0.15) is 0 Å². The summed E-state index contributed by atoms with van der Waals surface area (Å²) in [4.78, 5) is 2.25. The molecule has 1 aromatic heterocycles. The van der Waals surface area contributed by atoms with Crippen molar-refractivity contribution in [3.05, 3.63) is 70.3 Å². The number of para-hydroxylation sites is 1. The van der Waals surface area contributed by atoms with Gasteiger partial charge in [0.05, 0.1) is 0 Å². The van der Waals surface area contributed by atoms with Gasteiger partial charge in [-0.25, -0.2) is 0 Å². The maximum atomic E-state index is 3.56. The van der Waals surface area contributed by atoms with Gasteiger partial charge in [0, 0.05) is 28.1 Å². The van der Waals surface area contributed by atoms with Crippen molar-refractivity contribution >= 4 is 26.8 Å². The first-order valence-electron chi connectivity index (χ1n) is 8.09. The highest BCUT2D eigenvalue weighted by molar-refractivity contribution is 9.10. The summed E-state index contributed by atoms with van der Waals surface area (Å²) in [6.07, 6.45) is 4.66. The molecule has 0 bridgehead atoms. The van der Waals surface area contributed by atoms with Crippen molar-refractivity contribution in [2.24, 2.45) is 0 Å². The first-order valence-corrected chi connectivity index (χ1v) is 8.89. The van der Waals surface area contributed by atoms with Gasteiger partial charge in [-0.15, -0.1) is 0 Å². The van der Waals surface area contributed by atoms with Crippen LogP contribution >= 0.6 is 15.9 Å². The molecule has 0 N–H and O–H groups in total. The molecule has 0 unspecified atom stereocenters. The zero-order valence-electron chi connectivity index (χ0n) is 13.8. The molecule has 0 saturated carbocycles. The molecule has 1 heterocycles. The molecule has 0 spiro atoms. The number of hydrogen-bond donors (Lipinski definition) is 0. The van der Waals surface area contributed by atoms with Crippen molar-refractivity contribution in [1.82, 2.24) is 9.47 Å². The van der Waals surface area contributed by atoms with Crippen LogP contribution in [0.4, 0.5) is 0 Å². The highest BCUT2D eigenvalue weighted by Crippen LogP contribution is 2.24. The van der Waals surface area contributed by atoms with E-state index < -0.39 is 0 Å². The van der Waals surface area contributed by atoms with Crippen LogP contribution in [0.25, 0.3) is 10.9 Å². The normalized spacial score (nSPS) is 11.5. The molecule has 0 radical (unpaired) electrons. The van der Waals surface area contributed by atoms with E-state index in [2.05, 4.69) is 94.2 Å². The van der Waals surface area contributed by atoms with Crippen molar-refractivity contribution < 1.29 is 0 Å². The first kappa shape index (κ1) is 16.3. The lowest BCUT2D eigenvalue weighted by Crippen LogP contribution is -2.13. The summed E-state index contributed by atoms with van der Waals surface area (Å²) in [5.74, 6) is 0. The fourth-order valence-electron chi connectivity index (χ4n) is 3.07. The van der Waals surface area contributed by atoms with Crippen molar-refractivity contribution in [2.75, 3.05) is 20.6 Å². The lowest BCUT2D eigenvalue weighted by Gasteiger charge is -2.08. The first-order chi connectivity index (χ1) is 11.1. The van der Waals surface area contributed by atoms with Crippen LogP contribution in [-0.2, 0) is 13.0 Å². The summed E-state index contributed by atoms with van der Waals surface area (Å²) in [5, 5.41) is 1.39. The smallest absolute Gasteiger partial charge is 0.0486 e. The molecule has 23 heavy (non-hydrogen) atoms. The minimum absolute atomic E-state index is 0.910. The van der Waals surface area contributed by atoms with Gasteiger partial charge in [0.25, 0.3) is 0 Å². The van der Waals surface area contributed by atoms with Gasteiger partial charge in [-0.1, -0.05) is 46.3 Å². The fraction of sp³-hybridized carbons (Fsp3) is 0.300. The Morgan fingerprint density at radius 1 is 1.04 bits per heavy atom. The molecular weight excluding hydrogens is 348 g/mol. The van der Waals surface area contributed by atoms with E-state index in [1.165, 1.54) is 28.5 Å². The highest BCUT2D eigenvalue weighted by Gasteiger charge is 2.08. The zero-order valence-corrected chi connectivity index (χ0v) is 15.4. The summed E-state index contributed by atoms with van der Waals surface area (Å²) in [5.41, 5.74) is 4.10. The number of hydrogen-bond acceptors (Lipinski definition) is 1. The van der Waals surface area contributed by atoms with Crippen LogP contribution in [0.15, 0.2) is 59.2 Å². The van der Waals surface area contributed by atoms with Crippen LogP contribution in [0, 0.1) is 0 Å². The maximum Gasteiger partial charge on any atom is 0.0486 e. The Morgan fingerprint density at radius 3 is 2.65 bits per heavy atom. The van der Waals surface area contributed by atoms with Crippen LogP contribution < -0.4 is 0 Å². The Morgan fingerprint density at radius 2 is 1.87 bits per heavy atom. The summed E-state index contributed by atoms with van der Waals surface area (Å²) in [7, 11) is 4.27. The van der Waals surface area contributed by atoms with E-state index in [1.54, 1.807) is 0 Å². The molecule has 3 aromatic rings. The van der Waals surface area contributed by atoms with Gasteiger partial charge < -0.3 is 9.47 Å². The lowest BCUT2D eigenvalue weighted by atomic mass is 10.1. The van der Waals surface area contributed by atoms with E-state index >= 15 is 0 Å². The third-order valence-corrected chi connectivity index (χ3v) is 4.66. The Hall–Kier alpha value is -1.58. The Bertz CT molecular complexity index is 789. The van der Waals surface area contributed by atoms with Gasteiger partial charge in [0.2, 0.25) is 0 Å². The maximum absolute atomic E-state index is 3.56. The van der Waals surface area contributed by atoms with Crippen molar-refractivity contribution in [3.63, 3.8) is 0 Å². The Kier molecular flexibility index (Phi) is 5.19. The van der Waals surface area contributed by atoms with E-state index in [0.29, 0.717) is 0 Å². The molecule has 0 saturated heterocycles. The molecule has 2 aromatic carbocycles. The van der Waals surface area contributed by atoms with E-state index in [1.807, 2.05) is 0 Å². The van der Waals surface area contributed by atoms with Crippen molar-refractivity contribution in [2.45, 2.75) is 19.4 Å². The minimum Gasteiger partial charge on any atom is -0.343 e. The standard InChI is InChI=1S/C20H23BrN2/c1-22(2)12-6-8-17-15-23(20-11-4-3-10-19(17)20)14-16-7-5-9-18(21)13-16/h3-5,7,9-11,13,15H,6,8,12,14H2,1-2H3. The average Bonchev–Trinajstić information content (AvgIpc) is 2.85. The van der Waals surface area contributed by atoms with E-state index in [9.17, 15) is 0 Å². The number of rotatable bonds is 6. The lowest BCUT2D eigenvalue weighted by molar-refractivity contribution is 0.400. The van der Waals surface area contributed by atoms with E-state index in [4.69, 9.17) is 0 Å². The second kappa shape index (κ2) is 7.33. The number of halogens is 1. The van der Waals surface area contributed by atoms with Crippen molar-refractivity contribution in [3.8, 4) is 0 Å². The predicted molar refractivity (Wildman–Crippen MR) is 102 cm³/mol. The van der Waals surface area contributed by atoms with Crippen LogP contribution in [0.5, 0.6) is 0 Å². The molecule has 0 aliphatic carbocycles. The fourth-order valence-corrected chi connectivity index (χ4v) is 3.52. The summed E-state index contributed by atoms with van der Waals surface area (Å²) >= 11 is 3.56. The largest absolute Gasteiger partial charge is 0.343 e. The number of aromatic nitrogens is 1. The minimum atomic E-state index is 0.910. The van der Waals surface area contributed by atoms with Gasteiger partial charge in [0.15, 0.2) is 0 Å². The molecule has 120 valence electrons. The second-order valence-electron chi connectivity index (χ2n) is 6.34. The van der Waals surface area contributed by atoms with Crippen LogP contribution in [0.1, 0.15) is 17.5 Å². The number of benzene rings is 2. The van der Waals surface area contributed by atoms with E-state index in [-0.39, 0.29) is 0 Å². The highest BCUT2D eigenvalue weighted by atomic mass is 79.9. The predicted octanol–water partition coefficient (Wildman–Crippen LogP) is 4.95. The summed E-state index contributed by atoms with van der Waals surface area (Å²) in [6.45, 7) is 2.04. The van der Waals surface area contributed by atoms with Crippen LogP contribution in [-0.4, -0.2) is 30.1 Å². The van der Waals surface area contributed by atoms with Crippen LogP contribution in [0.3, 0.4) is 0 Å². The van der Waals surface area contributed by atoms with E-state index in [0.717, 1.165) is 24.0 Å². The summed E-state index contributed by atoms with van der Waals surface area (Å²) < 4.78 is 3.51. The topological polar surface area (TPSA) is 8.17 Å². The zero-order chi connectivity index (χ0) is 16.2. The van der Waals surface area contributed by atoms with Gasteiger partial charge in [0.1, 0.15) is 0 Å². The molecular formula is C20H23BrN2. The van der Waals surface area contributed by atoms with Gasteiger partial charge in [-0.05, 0) is 62.8 Å². The van der Waals surface area contributed by atoms with Gasteiger partial charge in [-0.3, -0.25) is 0 Å². The SMILES string of the molecule is CN(C)CCCc1cn(Cc2cccc(Br)c2)c2ccccc12. The molecule has 0 aliphatic heterocycles. The average molecular weight is 371 g/mol. The molecule has 0 amide bonds. The second-order valence-corrected chi connectivity index (χ2v) is 7.25. The number of nitrogens with zero attached hydrogens (tertiary/aromatic N) is 2. The number of aryl methyl sites for hydroxylation is 1. The molecule has 0 aliphatic rings. The van der Waals surface area contributed by atoms with Crippen molar-refractivity contribution in [1.29, 1.82) is 0 Å². The Balaban J connectivity index is 1.88. The molecule has 3 heteroatoms. The Labute approximate surface area is 146 Å². The molecule has 0 atom stereocenters. The molecule has 3 rings (SSSR count). The third-order valence-electron chi connectivity index (χ3n) is 4.16. The number of fused-ring (bicyclic) bond motifs is 1. The monoisotopic (exact) mass is 370 g/mol. The third kappa shape index (κ3) is 4.04. The quantitative estimate of drug-likeness (QED) is 0.596. The van der Waals surface area contributed by atoms with Crippen LogP contribution in [0.2, 0.25) is 0 Å². The van der Waals surface area contributed by atoms with Gasteiger partial charge >= 0.3 is 0 Å². The summed E-state index contributed by atoms with van der Waals surface area (Å²) in [6, 6.07) is 17.3. The molecule has 0 fully saturated rings. The molecule has 2 nitrogen and oxygen atoms in total.